The standard InChI is InChI=1S/C7H7BClNO4/c9-6-1-4(2-7(11)12)10-3-5(6)8(13)14/h1,3,13-14H,2H2,(H,11,12). The van der Waals surface area contributed by atoms with Crippen LogP contribution in [0.2, 0.25) is 5.02 Å². The molecule has 1 aromatic heterocycles. The first kappa shape index (κ1) is 11.0. The summed E-state index contributed by atoms with van der Waals surface area (Å²) in [5, 5.41) is 26.1. The van der Waals surface area contributed by atoms with E-state index in [-0.39, 0.29) is 22.6 Å². The van der Waals surface area contributed by atoms with Crippen molar-refractivity contribution in [1.29, 1.82) is 0 Å². The Kier molecular flexibility index (Phi) is 3.46. The second kappa shape index (κ2) is 4.41. The summed E-state index contributed by atoms with van der Waals surface area (Å²) in [6.07, 6.45) is 0.896. The average Bonchev–Trinajstić information content (AvgIpc) is 2.01. The van der Waals surface area contributed by atoms with E-state index in [9.17, 15) is 4.79 Å². The van der Waals surface area contributed by atoms with Gasteiger partial charge in [-0.05, 0) is 6.07 Å². The Morgan fingerprint density at radius 2 is 2.21 bits per heavy atom. The van der Waals surface area contributed by atoms with Crippen LogP contribution in [0, 0.1) is 0 Å². The largest absolute Gasteiger partial charge is 0.491 e. The minimum atomic E-state index is -1.70. The van der Waals surface area contributed by atoms with Crippen molar-refractivity contribution >= 4 is 30.2 Å². The van der Waals surface area contributed by atoms with Crippen molar-refractivity contribution in [3.8, 4) is 0 Å². The van der Waals surface area contributed by atoms with Gasteiger partial charge < -0.3 is 15.2 Å². The maximum absolute atomic E-state index is 10.3. The van der Waals surface area contributed by atoms with E-state index in [1.165, 1.54) is 6.07 Å². The van der Waals surface area contributed by atoms with Crippen molar-refractivity contribution in [2.75, 3.05) is 0 Å². The third-order valence-electron chi connectivity index (χ3n) is 1.55. The molecule has 1 aromatic rings. The Labute approximate surface area is 85.1 Å². The number of carboxylic acids is 1. The predicted octanol–water partition coefficient (Wildman–Crippen LogP) is -0.958. The number of nitrogens with zero attached hydrogens (tertiary/aromatic N) is 1. The van der Waals surface area contributed by atoms with Gasteiger partial charge in [-0.2, -0.15) is 0 Å². The van der Waals surface area contributed by atoms with Gasteiger partial charge in [-0.15, -0.1) is 0 Å². The molecule has 0 fully saturated rings. The maximum atomic E-state index is 10.3. The smallest absolute Gasteiger partial charge is 0.481 e. The van der Waals surface area contributed by atoms with E-state index in [4.69, 9.17) is 26.8 Å². The molecule has 7 heteroatoms. The molecule has 0 spiro atoms. The fourth-order valence-corrected chi connectivity index (χ4v) is 1.19. The Bertz CT molecular complexity index is 358. The van der Waals surface area contributed by atoms with Gasteiger partial charge in [-0.3, -0.25) is 9.78 Å². The highest BCUT2D eigenvalue weighted by molar-refractivity contribution is 6.62. The summed E-state index contributed by atoms with van der Waals surface area (Å²) in [5.41, 5.74) is 0.327. The molecular weight excluding hydrogens is 208 g/mol. The molecule has 1 heterocycles. The van der Waals surface area contributed by atoms with E-state index >= 15 is 0 Å². The number of pyridine rings is 1. The summed E-state index contributed by atoms with van der Waals surface area (Å²) in [6.45, 7) is 0. The molecule has 0 bridgehead atoms. The zero-order valence-electron chi connectivity index (χ0n) is 7.01. The third-order valence-corrected chi connectivity index (χ3v) is 1.88. The molecule has 1 rings (SSSR count). The van der Waals surface area contributed by atoms with Crippen LogP contribution in [0.3, 0.4) is 0 Å². The average molecular weight is 215 g/mol. The van der Waals surface area contributed by atoms with Crippen LogP contribution in [-0.2, 0) is 11.2 Å². The lowest BCUT2D eigenvalue weighted by molar-refractivity contribution is -0.136. The third kappa shape index (κ3) is 2.70. The molecule has 0 saturated carbocycles. The van der Waals surface area contributed by atoms with Crippen molar-refractivity contribution in [2.24, 2.45) is 0 Å². The van der Waals surface area contributed by atoms with Crippen LogP contribution < -0.4 is 5.46 Å². The lowest BCUT2D eigenvalue weighted by Gasteiger charge is -2.03. The highest BCUT2D eigenvalue weighted by atomic mass is 35.5. The maximum Gasteiger partial charge on any atom is 0.491 e. The van der Waals surface area contributed by atoms with Gasteiger partial charge in [0.2, 0.25) is 0 Å². The molecule has 0 atom stereocenters. The van der Waals surface area contributed by atoms with Crippen LogP contribution in [-0.4, -0.2) is 33.2 Å². The second-order valence-electron chi connectivity index (χ2n) is 2.64. The molecule has 3 N–H and O–H groups in total. The molecular formula is C7H7BClNO4. The van der Waals surface area contributed by atoms with E-state index in [2.05, 4.69) is 4.98 Å². The number of aromatic nitrogens is 1. The monoisotopic (exact) mass is 215 g/mol. The molecule has 0 aliphatic heterocycles. The number of carboxylic acid groups (broad SMARTS) is 1. The molecule has 14 heavy (non-hydrogen) atoms. The SMILES string of the molecule is O=C(O)Cc1cc(Cl)c(B(O)O)cn1. The highest BCUT2D eigenvalue weighted by Gasteiger charge is 2.16. The lowest BCUT2D eigenvalue weighted by atomic mass is 9.81. The summed E-state index contributed by atoms with van der Waals surface area (Å²) in [6, 6.07) is 1.30. The second-order valence-corrected chi connectivity index (χ2v) is 3.05. The van der Waals surface area contributed by atoms with E-state index < -0.39 is 13.1 Å². The molecule has 0 aliphatic carbocycles. The molecule has 0 unspecified atom stereocenters. The first-order valence-electron chi connectivity index (χ1n) is 3.73. The van der Waals surface area contributed by atoms with Crippen LogP contribution in [0.25, 0.3) is 0 Å². The number of hydrogen-bond donors (Lipinski definition) is 3. The van der Waals surface area contributed by atoms with Crippen LogP contribution >= 0.6 is 11.6 Å². The number of carbonyl (C=O) groups is 1. The molecule has 0 radical (unpaired) electrons. The summed E-state index contributed by atoms with van der Waals surface area (Å²) < 4.78 is 0. The molecule has 5 nitrogen and oxygen atoms in total. The first-order valence-corrected chi connectivity index (χ1v) is 4.10. The number of aliphatic carboxylic acids is 1. The van der Waals surface area contributed by atoms with E-state index in [0.29, 0.717) is 0 Å². The topological polar surface area (TPSA) is 90.7 Å². The van der Waals surface area contributed by atoms with Crippen molar-refractivity contribution in [1.82, 2.24) is 4.98 Å². The molecule has 0 saturated heterocycles. The minimum Gasteiger partial charge on any atom is -0.481 e. The number of halogens is 1. The summed E-state index contributed by atoms with van der Waals surface area (Å²) >= 11 is 5.65. The van der Waals surface area contributed by atoms with Crippen LogP contribution in [0.4, 0.5) is 0 Å². The molecule has 0 aromatic carbocycles. The highest BCUT2D eigenvalue weighted by Crippen LogP contribution is 2.07. The van der Waals surface area contributed by atoms with E-state index in [1.807, 2.05) is 0 Å². The van der Waals surface area contributed by atoms with Gasteiger partial charge in [-0.25, -0.2) is 0 Å². The molecule has 0 aliphatic rings. The molecule has 74 valence electrons. The van der Waals surface area contributed by atoms with Gasteiger partial charge in [-0.1, -0.05) is 11.6 Å². The zero-order valence-corrected chi connectivity index (χ0v) is 7.77. The Hall–Kier alpha value is -1.11. The number of rotatable bonds is 3. The van der Waals surface area contributed by atoms with Crippen LogP contribution in [0.5, 0.6) is 0 Å². The summed E-state index contributed by atoms with van der Waals surface area (Å²) in [7, 11) is -1.70. The fraction of sp³-hybridized carbons (Fsp3) is 0.143. The fourth-order valence-electron chi connectivity index (χ4n) is 0.923. The van der Waals surface area contributed by atoms with Gasteiger partial charge >= 0.3 is 13.1 Å². The van der Waals surface area contributed by atoms with Crippen LogP contribution in [0.1, 0.15) is 5.69 Å². The van der Waals surface area contributed by atoms with E-state index in [0.717, 1.165) is 6.20 Å². The van der Waals surface area contributed by atoms with Crippen LogP contribution in [0.15, 0.2) is 12.3 Å². The van der Waals surface area contributed by atoms with Crippen molar-refractivity contribution in [2.45, 2.75) is 6.42 Å². The Morgan fingerprint density at radius 3 is 2.64 bits per heavy atom. The van der Waals surface area contributed by atoms with Gasteiger partial charge in [0.05, 0.1) is 12.1 Å². The van der Waals surface area contributed by atoms with Gasteiger partial charge in [0.15, 0.2) is 0 Å². The van der Waals surface area contributed by atoms with E-state index in [1.54, 1.807) is 0 Å². The lowest BCUT2D eigenvalue weighted by Crippen LogP contribution is -2.31. The molecule has 0 amide bonds. The number of hydrogen-bond acceptors (Lipinski definition) is 4. The summed E-state index contributed by atoms with van der Waals surface area (Å²) in [5.74, 6) is -1.02. The summed E-state index contributed by atoms with van der Waals surface area (Å²) in [4.78, 5) is 14.0. The van der Waals surface area contributed by atoms with Crippen molar-refractivity contribution < 1.29 is 19.9 Å². The predicted molar refractivity (Wildman–Crippen MR) is 50.4 cm³/mol. The van der Waals surface area contributed by atoms with Gasteiger partial charge in [0, 0.05) is 16.7 Å². The quantitative estimate of drug-likeness (QED) is 0.565. The zero-order chi connectivity index (χ0) is 10.7. The van der Waals surface area contributed by atoms with Crippen molar-refractivity contribution in [3.05, 3.63) is 23.0 Å². The normalized spacial score (nSPS) is 9.93. The Balaban J connectivity index is 2.94. The first-order chi connectivity index (χ1) is 6.50. The van der Waals surface area contributed by atoms with Gasteiger partial charge in [0.1, 0.15) is 0 Å². The van der Waals surface area contributed by atoms with Gasteiger partial charge in [0.25, 0.3) is 0 Å². The van der Waals surface area contributed by atoms with Crippen molar-refractivity contribution in [3.63, 3.8) is 0 Å². The Morgan fingerprint density at radius 1 is 1.57 bits per heavy atom. The minimum absolute atomic E-state index is 0.0563.